The maximum Gasteiger partial charge on any atom is 0.123 e. The highest BCUT2D eigenvalue weighted by molar-refractivity contribution is 6.01. The average Bonchev–Trinajstić information content (AvgIpc) is 3.43. The van der Waals surface area contributed by atoms with Crippen molar-refractivity contribution < 1.29 is 4.39 Å². The van der Waals surface area contributed by atoms with Gasteiger partial charge in [0.2, 0.25) is 0 Å². The Hall–Kier alpha value is -4.32. The molecule has 0 aliphatic heterocycles. The Balaban J connectivity index is 1.51. The number of nitrogens with one attached hydrogen (secondary N) is 2. The van der Waals surface area contributed by atoms with Crippen molar-refractivity contribution in [3.8, 4) is 33.6 Å². The van der Waals surface area contributed by atoms with Gasteiger partial charge >= 0.3 is 0 Å². The second kappa shape index (κ2) is 7.13. The Kier molecular flexibility index (Phi) is 4.11. The van der Waals surface area contributed by atoms with Gasteiger partial charge in [-0.3, -0.25) is 15.1 Å². The lowest BCUT2D eigenvalue weighted by Gasteiger charge is -2.05. The Labute approximate surface area is 183 Å². The molecule has 0 atom stereocenters. The smallest absolute Gasteiger partial charge is 0.123 e. The minimum atomic E-state index is -0.258. The molecule has 0 saturated heterocycles. The molecule has 0 aliphatic carbocycles. The summed E-state index contributed by atoms with van der Waals surface area (Å²) >= 11 is 0. The van der Waals surface area contributed by atoms with Crippen molar-refractivity contribution in [2.45, 2.75) is 6.92 Å². The van der Waals surface area contributed by atoms with Crippen LogP contribution in [-0.2, 0) is 0 Å². The first-order chi connectivity index (χ1) is 15.7. The van der Waals surface area contributed by atoms with Gasteiger partial charge in [-0.05, 0) is 60.0 Å². The van der Waals surface area contributed by atoms with Gasteiger partial charge < -0.3 is 4.98 Å². The quantitative estimate of drug-likeness (QED) is 0.354. The zero-order valence-electron chi connectivity index (χ0n) is 17.2. The average molecular weight is 419 g/mol. The molecule has 0 bridgehead atoms. The van der Waals surface area contributed by atoms with Crippen LogP contribution in [0.25, 0.3) is 55.4 Å². The molecule has 5 nitrogen and oxygen atoms in total. The summed E-state index contributed by atoms with van der Waals surface area (Å²) in [6.45, 7) is 2.08. The van der Waals surface area contributed by atoms with Crippen LogP contribution in [0, 0.1) is 12.7 Å². The van der Waals surface area contributed by atoms with E-state index in [2.05, 4.69) is 50.3 Å². The molecule has 0 amide bonds. The summed E-state index contributed by atoms with van der Waals surface area (Å²) in [5.41, 5.74) is 8.81. The van der Waals surface area contributed by atoms with Gasteiger partial charge in [0.15, 0.2) is 0 Å². The predicted octanol–water partition coefficient (Wildman–Crippen LogP) is 6.28. The molecule has 6 aromatic rings. The van der Waals surface area contributed by atoms with E-state index in [0.29, 0.717) is 0 Å². The van der Waals surface area contributed by atoms with Gasteiger partial charge in [0.1, 0.15) is 11.5 Å². The number of nitrogens with zero attached hydrogens (tertiary/aromatic N) is 3. The fourth-order valence-electron chi connectivity index (χ4n) is 4.19. The molecular weight excluding hydrogens is 401 g/mol. The van der Waals surface area contributed by atoms with Crippen LogP contribution in [0.5, 0.6) is 0 Å². The number of aromatic nitrogens is 5. The van der Waals surface area contributed by atoms with Crippen molar-refractivity contribution in [1.82, 2.24) is 25.1 Å². The van der Waals surface area contributed by atoms with E-state index in [1.165, 1.54) is 17.7 Å². The Bertz CT molecular complexity index is 1590. The molecule has 6 heteroatoms. The van der Waals surface area contributed by atoms with E-state index in [1.807, 2.05) is 18.3 Å². The van der Waals surface area contributed by atoms with Gasteiger partial charge in [0.25, 0.3) is 0 Å². The predicted molar refractivity (Wildman–Crippen MR) is 125 cm³/mol. The third kappa shape index (κ3) is 2.96. The molecule has 0 unspecified atom stereocenters. The van der Waals surface area contributed by atoms with E-state index >= 15 is 0 Å². The van der Waals surface area contributed by atoms with Crippen LogP contribution in [-0.4, -0.2) is 25.1 Å². The number of H-pyrrole nitrogens is 2. The topological polar surface area (TPSA) is 70.2 Å². The molecule has 4 aromatic heterocycles. The molecule has 0 fully saturated rings. The lowest BCUT2D eigenvalue weighted by Crippen LogP contribution is -1.85. The zero-order valence-corrected chi connectivity index (χ0v) is 17.2. The first kappa shape index (κ1) is 18.4. The molecule has 6 rings (SSSR count). The van der Waals surface area contributed by atoms with Gasteiger partial charge in [0, 0.05) is 40.5 Å². The van der Waals surface area contributed by atoms with Crippen LogP contribution in [0.2, 0.25) is 0 Å². The first-order valence-corrected chi connectivity index (χ1v) is 10.3. The van der Waals surface area contributed by atoms with Crippen LogP contribution in [0.1, 0.15) is 5.56 Å². The monoisotopic (exact) mass is 419 g/mol. The van der Waals surface area contributed by atoms with Crippen LogP contribution in [0.4, 0.5) is 4.39 Å². The van der Waals surface area contributed by atoms with E-state index in [1.54, 1.807) is 30.7 Å². The highest BCUT2D eigenvalue weighted by atomic mass is 19.1. The summed E-state index contributed by atoms with van der Waals surface area (Å²) in [7, 11) is 0. The van der Waals surface area contributed by atoms with Crippen LogP contribution >= 0.6 is 0 Å². The van der Waals surface area contributed by atoms with Gasteiger partial charge in [-0.1, -0.05) is 18.2 Å². The van der Waals surface area contributed by atoms with Crippen LogP contribution < -0.4 is 0 Å². The van der Waals surface area contributed by atoms with Gasteiger partial charge in [-0.25, -0.2) is 4.39 Å². The maximum atomic E-state index is 13.4. The Morgan fingerprint density at radius 1 is 0.750 bits per heavy atom. The number of aromatic amines is 2. The molecule has 4 heterocycles. The van der Waals surface area contributed by atoms with Crippen molar-refractivity contribution >= 4 is 21.8 Å². The normalized spacial score (nSPS) is 11.4. The second-order valence-electron chi connectivity index (χ2n) is 7.86. The third-order valence-corrected chi connectivity index (χ3v) is 5.87. The molecule has 2 aromatic carbocycles. The summed E-state index contributed by atoms with van der Waals surface area (Å²) in [6, 6.07) is 16.8. The Morgan fingerprint density at radius 3 is 2.41 bits per heavy atom. The van der Waals surface area contributed by atoms with Crippen LogP contribution in [0.15, 0.2) is 79.4 Å². The molecular formula is C26H18FN5. The van der Waals surface area contributed by atoms with Crippen molar-refractivity contribution in [2.24, 2.45) is 0 Å². The number of hydrogen-bond acceptors (Lipinski definition) is 3. The third-order valence-electron chi connectivity index (χ3n) is 5.87. The van der Waals surface area contributed by atoms with Crippen molar-refractivity contribution in [3.63, 3.8) is 0 Å². The maximum absolute atomic E-state index is 13.4. The highest BCUT2D eigenvalue weighted by Gasteiger charge is 2.15. The number of hydrogen-bond donors (Lipinski definition) is 2. The molecule has 2 N–H and O–H groups in total. The molecule has 154 valence electrons. The lowest BCUT2D eigenvalue weighted by molar-refractivity contribution is 0.628. The molecule has 0 spiro atoms. The minimum Gasteiger partial charge on any atom is -0.352 e. The molecule has 32 heavy (non-hydrogen) atoms. The molecule has 0 aliphatic rings. The number of halogens is 1. The summed E-state index contributed by atoms with van der Waals surface area (Å²) in [6.07, 6.45) is 7.29. The van der Waals surface area contributed by atoms with E-state index in [4.69, 9.17) is 0 Å². The van der Waals surface area contributed by atoms with E-state index in [-0.39, 0.29) is 5.82 Å². The van der Waals surface area contributed by atoms with E-state index in [9.17, 15) is 4.39 Å². The van der Waals surface area contributed by atoms with Crippen LogP contribution in [0.3, 0.4) is 0 Å². The number of rotatable bonds is 3. The summed E-state index contributed by atoms with van der Waals surface area (Å²) in [5.74, 6) is -0.258. The Morgan fingerprint density at radius 2 is 1.56 bits per heavy atom. The molecule has 0 radical (unpaired) electrons. The van der Waals surface area contributed by atoms with E-state index in [0.717, 1.165) is 55.4 Å². The zero-order chi connectivity index (χ0) is 21.7. The van der Waals surface area contributed by atoms with Crippen molar-refractivity contribution in [1.29, 1.82) is 0 Å². The summed E-state index contributed by atoms with van der Waals surface area (Å²) < 4.78 is 13.4. The van der Waals surface area contributed by atoms with Crippen molar-refractivity contribution in [2.75, 3.05) is 0 Å². The van der Waals surface area contributed by atoms with E-state index < -0.39 is 0 Å². The SMILES string of the molecule is Cc1ccncc1-c1ccc2[nH]nc(-c3cc4c(-c5ccc(F)cc5)cncc4[nH]3)c2c1. The highest BCUT2D eigenvalue weighted by Crippen LogP contribution is 2.35. The second-order valence-corrected chi connectivity index (χ2v) is 7.86. The molecule has 0 saturated carbocycles. The number of benzene rings is 2. The van der Waals surface area contributed by atoms with Gasteiger partial charge in [-0.2, -0.15) is 5.10 Å². The first-order valence-electron chi connectivity index (χ1n) is 10.3. The fraction of sp³-hybridized carbons (Fsp3) is 0.0385. The number of aryl methyl sites for hydroxylation is 1. The van der Waals surface area contributed by atoms with Crippen molar-refractivity contribution in [3.05, 3.63) is 90.8 Å². The largest absolute Gasteiger partial charge is 0.352 e. The summed E-state index contributed by atoms with van der Waals surface area (Å²) in [4.78, 5) is 12.1. The number of fused-ring (bicyclic) bond motifs is 2. The summed E-state index contributed by atoms with van der Waals surface area (Å²) in [5, 5.41) is 9.76. The standard InChI is InChI=1S/C26H18FN5/c1-15-8-9-28-12-21(15)17-4-7-23-20(10-17)26(32-31-23)24-11-19-22(13-29-14-25(19)30-24)16-2-5-18(27)6-3-16/h2-14,30H,1H3,(H,31,32). The van der Waals surface area contributed by atoms with Gasteiger partial charge in [0.05, 0.1) is 22.9 Å². The number of pyridine rings is 2. The fourth-order valence-corrected chi connectivity index (χ4v) is 4.19. The lowest BCUT2D eigenvalue weighted by atomic mass is 10.0. The minimum absolute atomic E-state index is 0.258. The van der Waals surface area contributed by atoms with Gasteiger partial charge in [-0.15, -0.1) is 0 Å².